The number of piperazine rings is 1. The summed E-state index contributed by atoms with van der Waals surface area (Å²) in [5, 5.41) is 3.53. The molecular formula is C16H30N2O2S. The largest absolute Gasteiger partial charge is 0.308 e. The van der Waals surface area contributed by atoms with E-state index in [2.05, 4.69) is 17.1 Å². The maximum Gasteiger partial charge on any atom is 0.153 e. The minimum atomic E-state index is -2.93. The zero-order chi connectivity index (χ0) is 15.3. The summed E-state index contributed by atoms with van der Waals surface area (Å²) in [6.07, 6.45) is 5.30. The maximum atomic E-state index is 12.1. The lowest BCUT2D eigenvalue weighted by Gasteiger charge is -2.47. The van der Waals surface area contributed by atoms with Crippen LogP contribution in [0.1, 0.15) is 46.5 Å². The quantitative estimate of drug-likeness (QED) is 0.810. The lowest BCUT2D eigenvalue weighted by molar-refractivity contribution is 0.0695. The Bertz CT molecular complexity index is 483. The highest BCUT2D eigenvalue weighted by Gasteiger charge is 2.48. The Morgan fingerprint density at radius 2 is 1.90 bits per heavy atom. The molecule has 1 heterocycles. The zero-order valence-corrected chi connectivity index (χ0v) is 14.5. The van der Waals surface area contributed by atoms with Gasteiger partial charge in [0.2, 0.25) is 0 Å². The van der Waals surface area contributed by atoms with Gasteiger partial charge in [-0.3, -0.25) is 4.90 Å². The monoisotopic (exact) mass is 314 g/mol. The number of hydrogen-bond donors (Lipinski definition) is 1. The van der Waals surface area contributed by atoms with Gasteiger partial charge in [-0.05, 0) is 58.3 Å². The first-order valence-electron chi connectivity index (χ1n) is 8.52. The van der Waals surface area contributed by atoms with Gasteiger partial charge in [0.15, 0.2) is 9.84 Å². The van der Waals surface area contributed by atoms with Gasteiger partial charge in [0, 0.05) is 31.2 Å². The molecule has 0 aromatic heterocycles. The molecule has 4 nitrogen and oxygen atoms in total. The van der Waals surface area contributed by atoms with E-state index in [4.69, 9.17) is 0 Å². The van der Waals surface area contributed by atoms with Crippen LogP contribution in [0.2, 0.25) is 0 Å². The first-order valence-corrected chi connectivity index (χ1v) is 10.2. The fraction of sp³-hybridized carbons (Fsp3) is 1.00. The average molecular weight is 314 g/mol. The van der Waals surface area contributed by atoms with Crippen LogP contribution >= 0.6 is 0 Å². The molecule has 3 fully saturated rings. The summed E-state index contributed by atoms with van der Waals surface area (Å²) < 4.78 is 24.3. The Morgan fingerprint density at radius 1 is 1.24 bits per heavy atom. The van der Waals surface area contributed by atoms with E-state index in [1.54, 1.807) is 13.8 Å². The van der Waals surface area contributed by atoms with Crippen molar-refractivity contribution >= 4 is 9.84 Å². The number of rotatable bonds is 6. The zero-order valence-electron chi connectivity index (χ0n) is 13.6. The second-order valence-corrected chi connectivity index (χ2v) is 10.5. The van der Waals surface area contributed by atoms with Crippen molar-refractivity contribution in [2.75, 3.05) is 25.4 Å². The van der Waals surface area contributed by atoms with Crippen molar-refractivity contribution in [1.82, 2.24) is 10.2 Å². The predicted molar refractivity (Wildman–Crippen MR) is 86.1 cm³/mol. The van der Waals surface area contributed by atoms with Crippen LogP contribution < -0.4 is 5.32 Å². The maximum absolute atomic E-state index is 12.1. The van der Waals surface area contributed by atoms with Crippen LogP contribution in [0.15, 0.2) is 0 Å². The molecule has 2 aliphatic carbocycles. The molecule has 1 N–H and O–H groups in total. The minimum absolute atomic E-state index is 0.201. The van der Waals surface area contributed by atoms with Crippen molar-refractivity contribution in [3.05, 3.63) is 0 Å². The first-order chi connectivity index (χ1) is 9.82. The van der Waals surface area contributed by atoms with Gasteiger partial charge < -0.3 is 5.32 Å². The lowest BCUT2D eigenvalue weighted by Crippen LogP contribution is -2.65. The van der Waals surface area contributed by atoms with Gasteiger partial charge in [0.25, 0.3) is 0 Å². The van der Waals surface area contributed by atoms with E-state index in [0.717, 1.165) is 24.9 Å². The molecule has 5 heteroatoms. The first kappa shape index (κ1) is 15.8. The molecule has 1 saturated heterocycles. The van der Waals surface area contributed by atoms with Crippen molar-refractivity contribution in [2.45, 2.75) is 63.3 Å². The normalized spacial score (nSPS) is 35.3. The van der Waals surface area contributed by atoms with Crippen LogP contribution in [0.4, 0.5) is 0 Å². The Hall–Kier alpha value is -0.130. The molecule has 0 aromatic rings. The third-order valence-corrected chi connectivity index (χ3v) is 7.93. The van der Waals surface area contributed by atoms with Crippen molar-refractivity contribution in [1.29, 1.82) is 0 Å². The topological polar surface area (TPSA) is 49.4 Å². The standard InChI is InChI=1S/C16H30N2O2S/c1-12(2)21(19,20)9-8-18-11-16(3,14-6-7-14)17-10-15(18)13-4-5-13/h12-15,17H,4-11H2,1-3H3. The Labute approximate surface area is 129 Å². The van der Waals surface area contributed by atoms with E-state index < -0.39 is 9.84 Å². The molecule has 1 aliphatic heterocycles. The molecular weight excluding hydrogens is 284 g/mol. The predicted octanol–water partition coefficient (Wildman–Crippen LogP) is 1.66. The summed E-state index contributed by atoms with van der Waals surface area (Å²) in [6.45, 7) is 8.69. The molecule has 0 amide bonds. The molecule has 2 unspecified atom stereocenters. The van der Waals surface area contributed by atoms with Crippen LogP contribution in [-0.4, -0.2) is 55.5 Å². The average Bonchev–Trinajstić information content (AvgIpc) is 3.29. The Morgan fingerprint density at radius 3 is 2.43 bits per heavy atom. The SMILES string of the molecule is CC(C)S(=O)(=O)CCN1CC(C)(C2CC2)NCC1C1CC1. The Balaban J connectivity index is 1.66. The summed E-state index contributed by atoms with van der Waals surface area (Å²) in [4.78, 5) is 2.49. The van der Waals surface area contributed by atoms with Crippen LogP contribution in [0.25, 0.3) is 0 Å². The second-order valence-electron chi connectivity index (χ2n) is 7.86. The van der Waals surface area contributed by atoms with Crippen molar-refractivity contribution < 1.29 is 8.42 Å². The van der Waals surface area contributed by atoms with E-state index in [1.807, 2.05) is 0 Å². The van der Waals surface area contributed by atoms with Gasteiger partial charge >= 0.3 is 0 Å². The Kier molecular flexibility index (Phi) is 4.13. The van der Waals surface area contributed by atoms with E-state index in [0.29, 0.717) is 18.3 Å². The molecule has 0 aromatic carbocycles. The van der Waals surface area contributed by atoms with Crippen LogP contribution in [0.3, 0.4) is 0 Å². The molecule has 3 aliphatic rings. The summed E-state index contributed by atoms with van der Waals surface area (Å²) in [5.41, 5.74) is 0.201. The van der Waals surface area contributed by atoms with E-state index >= 15 is 0 Å². The van der Waals surface area contributed by atoms with E-state index in [9.17, 15) is 8.42 Å². The smallest absolute Gasteiger partial charge is 0.153 e. The van der Waals surface area contributed by atoms with Gasteiger partial charge in [-0.25, -0.2) is 8.42 Å². The van der Waals surface area contributed by atoms with Gasteiger partial charge in [0.1, 0.15) is 0 Å². The molecule has 3 rings (SSSR count). The van der Waals surface area contributed by atoms with Crippen molar-refractivity contribution in [3.8, 4) is 0 Å². The summed E-state index contributed by atoms with van der Waals surface area (Å²) >= 11 is 0. The number of nitrogens with one attached hydrogen (secondary N) is 1. The highest BCUT2D eigenvalue weighted by molar-refractivity contribution is 7.92. The fourth-order valence-electron chi connectivity index (χ4n) is 3.73. The molecule has 21 heavy (non-hydrogen) atoms. The second kappa shape index (κ2) is 5.50. The molecule has 0 spiro atoms. The van der Waals surface area contributed by atoms with E-state index in [1.165, 1.54) is 25.7 Å². The fourth-order valence-corrected chi connectivity index (χ4v) is 4.69. The molecule has 0 bridgehead atoms. The van der Waals surface area contributed by atoms with Gasteiger partial charge in [-0.1, -0.05) is 0 Å². The third-order valence-electron chi connectivity index (χ3n) is 5.74. The summed E-state index contributed by atoms with van der Waals surface area (Å²) in [5.74, 6) is 1.90. The highest BCUT2D eigenvalue weighted by atomic mass is 32.2. The molecule has 122 valence electrons. The van der Waals surface area contributed by atoms with Gasteiger partial charge in [-0.2, -0.15) is 0 Å². The van der Waals surface area contributed by atoms with E-state index in [-0.39, 0.29) is 10.8 Å². The highest BCUT2D eigenvalue weighted by Crippen LogP contribution is 2.44. The number of sulfone groups is 1. The molecule has 2 atom stereocenters. The van der Waals surface area contributed by atoms with Crippen LogP contribution in [0.5, 0.6) is 0 Å². The van der Waals surface area contributed by atoms with Gasteiger partial charge in [0.05, 0.1) is 11.0 Å². The van der Waals surface area contributed by atoms with Crippen molar-refractivity contribution in [2.24, 2.45) is 11.8 Å². The summed E-state index contributed by atoms with van der Waals surface area (Å²) in [6, 6.07) is 0.555. The van der Waals surface area contributed by atoms with Crippen LogP contribution in [-0.2, 0) is 9.84 Å². The van der Waals surface area contributed by atoms with Crippen LogP contribution in [0, 0.1) is 11.8 Å². The third kappa shape index (κ3) is 3.45. The minimum Gasteiger partial charge on any atom is -0.308 e. The van der Waals surface area contributed by atoms with Crippen molar-refractivity contribution in [3.63, 3.8) is 0 Å². The summed E-state index contributed by atoms with van der Waals surface area (Å²) in [7, 11) is -2.93. The molecule has 2 saturated carbocycles. The molecule has 0 radical (unpaired) electrons. The van der Waals surface area contributed by atoms with Gasteiger partial charge in [-0.15, -0.1) is 0 Å². The lowest BCUT2D eigenvalue weighted by atomic mass is 9.90. The number of nitrogens with zero attached hydrogens (tertiary/aromatic N) is 1. The number of hydrogen-bond acceptors (Lipinski definition) is 4.